The van der Waals surface area contributed by atoms with Crippen molar-refractivity contribution in [2.24, 2.45) is 0 Å². The van der Waals surface area contributed by atoms with Crippen LogP contribution in [-0.2, 0) is 0 Å². The van der Waals surface area contributed by atoms with Crippen molar-refractivity contribution in [2.45, 2.75) is 0 Å². The van der Waals surface area contributed by atoms with E-state index in [0.717, 1.165) is 12.1 Å². The van der Waals surface area contributed by atoms with E-state index in [4.69, 9.17) is 23.2 Å². The molecule has 0 bridgehead atoms. The fourth-order valence-corrected chi connectivity index (χ4v) is 2.97. The highest BCUT2D eigenvalue weighted by atomic mass is 35.5. The van der Waals surface area contributed by atoms with Crippen LogP contribution in [0.25, 0.3) is 0 Å². The first-order chi connectivity index (χ1) is 13.8. The van der Waals surface area contributed by atoms with E-state index >= 15 is 0 Å². The van der Waals surface area contributed by atoms with Crippen molar-refractivity contribution in [3.05, 3.63) is 103 Å². The Kier molecular flexibility index (Phi) is 5.91. The number of rotatable bonds is 5. The van der Waals surface area contributed by atoms with Gasteiger partial charge in [-0.25, -0.2) is 4.39 Å². The molecule has 0 saturated carbocycles. The van der Waals surface area contributed by atoms with Gasteiger partial charge in [0.05, 0.1) is 15.5 Å². The summed E-state index contributed by atoms with van der Waals surface area (Å²) in [6.45, 7) is 0. The van der Waals surface area contributed by atoms with Gasteiger partial charge in [-0.3, -0.25) is 19.7 Å². The third-order valence-corrected chi connectivity index (χ3v) is 4.61. The number of nitrogens with one attached hydrogen (secondary N) is 1. The Bertz CT molecular complexity index is 1150. The van der Waals surface area contributed by atoms with Crippen LogP contribution in [0.2, 0.25) is 10.0 Å². The number of carbonyl (C=O) groups is 2. The smallest absolute Gasteiger partial charge is 0.288 e. The van der Waals surface area contributed by atoms with Gasteiger partial charge in [-0.2, -0.15) is 0 Å². The maximum atomic E-state index is 13.3. The molecule has 146 valence electrons. The summed E-state index contributed by atoms with van der Waals surface area (Å²) >= 11 is 11.5. The summed E-state index contributed by atoms with van der Waals surface area (Å²) in [4.78, 5) is 35.9. The molecule has 3 aromatic carbocycles. The minimum atomic E-state index is -0.698. The molecule has 0 aliphatic heterocycles. The summed E-state index contributed by atoms with van der Waals surface area (Å²) in [5.41, 5.74) is -0.0947. The number of anilines is 1. The second kappa shape index (κ2) is 8.38. The molecule has 29 heavy (non-hydrogen) atoms. The van der Waals surface area contributed by atoms with Gasteiger partial charge in [0.25, 0.3) is 11.6 Å². The number of hydrogen-bond donors (Lipinski definition) is 1. The number of amides is 1. The molecule has 0 aromatic heterocycles. The second-order valence-electron chi connectivity index (χ2n) is 5.88. The van der Waals surface area contributed by atoms with Gasteiger partial charge in [0, 0.05) is 22.9 Å². The van der Waals surface area contributed by atoms with Gasteiger partial charge in [-0.1, -0.05) is 41.4 Å². The van der Waals surface area contributed by atoms with Gasteiger partial charge < -0.3 is 5.32 Å². The quantitative estimate of drug-likeness (QED) is 0.326. The van der Waals surface area contributed by atoms with Gasteiger partial charge in [-0.15, -0.1) is 0 Å². The third kappa shape index (κ3) is 4.42. The molecule has 3 aromatic rings. The molecule has 9 heteroatoms. The molecule has 6 nitrogen and oxygen atoms in total. The summed E-state index contributed by atoms with van der Waals surface area (Å²) in [6.07, 6.45) is 0. The monoisotopic (exact) mass is 432 g/mol. The lowest BCUT2D eigenvalue weighted by Crippen LogP contribution is -2.17. The topological polar surface area (TPSA) is 89.3 Å². The molecule has 0 radical (unpaired) electrons. The zero-order valence-corrected chi connectivity index (χ0v) is 16.0. The maximum absolute atomic E-state index is 13.3. The highest BCUT2D eigenvalue weighted by molar-refractivity contribution is 6.33. The van der Waals surface area contributed by atoms with Crippen LogP contribution in [-0.4, -0.2) is 16.6 Å². The molecular formula is C20H11Cl2FN2O4. The number of ketones is 1. The zero-order chi connectivity index (χ0) is 21.1. The van der Waals surface area contributed by atoms with E-state index in [1.165, 1.54) is 36.4 Å². The molecule has 0 fully saturated rings. The first-order valence-corrected chi connectivity index (χ1v) is 8.87. The predicted octanol–water partition coefficient (Wildman–Crippen LogP) is 5.52. The van der Waals surface area contributed by atoms with E-state index in [0.29, 0.717) is 0 Å². The van der Waals surface area contributed by atoms with Crippen molar-refractivity contribution in [2.75, 3.05) is 5.32 Å². The third-order valence-electron chi connectivity index (χ3n) is 4.00. The Morgan fingerprint density at radius 1 is 0.931 bits per heavy atom. The summed E-state index contributed by atoms with van der Waals surface area (Å²) in [5.74, 6) is -1.85. The first-order valence-electron chi connectivity index (χ1n) is 8.12. The predicted molar refractivity (Wildman–Crippen MR) is 107 cm³/mol. The summed E-state index contributed by atoms with van der Waals surface area (Å²) in [6, 6.07) is 13.3. The van der Waals surface area contributed by atoms with E-state index in [9.17, 15) is 24.1 Å². The largest absolute Gasteiger partial charge is 0.322 e. The molecule has 0 spiro atoms. The number of hydrogen-bond acceptors (Lipinski definition) is 4. The lowest BCUT2D eigenvalue weighted by molar-refractivity contribution is -0.384. The number of nitro groups is 1. The van der Waals surface area contributed by atoms with Crippen LogP contribution in [0.1, 0.15) is 26.3 Å². The van der Waals surface area contributed by atoms with Crippen molar-refractivity contribution in [1.82, 2.24) is 0 Å². The minimum absolute atomic E-state index is 0.00572. The average molecular weight is 433 g/mol. The number of carbonyl (C=O) groups excluding carboxylic acids is 2. The van der Waals surface area contributed by atoms with Crippen LogP contribution in [0.4, 0.5) is 15.8 Å². The number of nitrogens with zero attached hydrogens (tertiary/aromatic N) is 1. The van der Waals surface area contributed by atoms with Crippen molar-refractivity contribution >= 4 is 46.3 Å². The molecule has 0 unspecified atom stereocenters. The fraction of sp³-hybridized carbons (Fsp3) is 0. The molecule has 0 aliphatic rings. The van der Waals surface area contributed by atoms with Crippen LogP contribution in [0.15, 0.2) is 60.7 Å². The Morgan fingerprint density at radius 2 is 1.62 bits per heavy atom. The standard InChI is InChI=1S/C20H11Cl2FN2O4/c21-15-7-5-11(9-18(15)25(28)29)19(26)13-3-1-2-4-14(13)20(27)24-12-6-8-17(23)16(22)10-12/h1-10H,(H,24,27). The van der Waals surface area contributed by atoms with E-state index in [1.807, 2.05) is 0 Å². The molecule has 1 amide bonds. The molecule has 3 rings (SSSR count). The van der Waals surface area contributed by atoms with E-state index in [-0.39, 0.29) is 32.4 Å². The van der Waals surface area contributed by atoms with Gasteiger partial charge in [0.2, 0.25) is 0 Å². The average Bonchev–Trinajstić information content (AvgIpc) is 2.70. The molecule has 1 N–H and O–H groups in total. The lowest BCUT2D eigenvalue weighted by atomic mass is 9.97. The zero-order valence-electron chi connectivity index (χ0n) is 14.5. The highest BCUT2D eigenvalue weighted by Gasteiger charge is 2.21. The van der Waals surface area contributed by atoms with Crippen LogP contribution < -0.4 is 5.32 Å². The van der Waals surface area contributed by atoms with E-state index < -0.39 is 28.1 Å². The van der Waals surface area contributed by atoms with Gasteiger partial charge >= 0.3 is 0 Å². The summed E-state index contributed by atoms with van der Waals surface area (Å²) < 4.78 is 13.3. The summed E-state index contributed by atoms with van der Waals surface area (Å²) in [7, 11) is 0. The molecular weight excluding hydrogens is 422 g/mol. The van der Waals surface area contributed by atoms with Gasteiger partial charge in [-0.05, 0) is 36.4 Å². The maximum Gasteiger partial charge on any atom is 0.288 e. The Hall–Kier alpha value is -3.29. The van der Waals surface area contributed by atoms with Crippen molar-refractivity contribution in [3.63, 3.8) is 0 Å². The van der Waals surface area contributed by atoms with Crippen molar-refractivity contribution < 1.29 is 18.9 Å². The minimum Gasteiger partial charge on any atom is -0.322 e. The van der Waals surface area contributed by atoms with Crippen molar-refractivity contribution in [1.29, 1.82) is 0 Å². The van der Waals surface area contributed by atoms with Crippen LogP contribution in [0.5, 0.6) is 0 Å². The van der Waals surface area contributed by atoms with Crippen LogP contribution in [0, 0.1) is 15.9 Å². The lowest BCUT2D eigenvalue weighted by Gasteiger charge is -2.10. The van der Waals surface area contributed by atoms with Crippen LogP contribution in [0.3, 0.4) is 0 Å². The van der Waals surface area contributed by atoms with Gasteiger partial charge in [0.15, 0.2) is 5.78 Å². The molecule has 0 saturated heterocycles. The molecule has 0 aliphatic carbocycles. The second-order valence-corrected chi connectivity index (χ2v) is 6.70. The Labute approximate surface area is 174 Å². The fourth-order valence-electron chi connectivity index (χ4n) is 2.60. The Balaban J connectivity index is 1.95. The normalized spacial score (nSPS) is 10.4. The summed E-state index contributed by atoms with van der Waals surface area (Å²) in [5, 5.41) is 13.3. The molecule has 0 atom stereocenters. The van der Waals surface area contributed by atoms with E-state index in [2.05, 4.69) is 5.32 Å². The SMILES string of the molecule is O=C(Nc1ccc(F)c(Cl)c1)c1ccccc1C(=O)c1ccc(Cl)c([N+](=O)[O-])c1. The Morgan fingerprint density at radius 3 is 2.28 bits per heavy atom. The highest BCUT2D eigenvalue weighted by Crippen LogP contribution is 2.27. The number of halogens is 3. The number of nitro benzene ring substituents is 1. The van der Waals surface area contributed by atoms with Gasteiger partial charge in [0.1, 0.15) is 10.8 Å². The molecule has 0 heterocycles. The van der Waals surface area contributed by atoms with E-state index in [1.54, 1.807) is 12.1 Å². The number of benzene rings is 3. The first kappa shape index (κ1) is 20.4. The van der Waals surface area contributed by atoms with Crippen molar-refractivity contribution in [3.8, 4) is 0 Å². The van der Waals surface area contributed by atoms with Crippen LogP contribution >= 0.6 is 23.2 Å².